The SMILES string of the molecule is CC(=N)NC(=O)OC(C)(C)C.Cl.N=C(N)N. The van der Waals surface area contributed by atoms with Crippen LogP contribution in [0.4, 0.5) is 4.79 Å². The van der Waals surface area contributed by atoms with Crippen LogP contribution in [-0.2, 0) is 4.74 Å². The number of carbonyl (C=O) groups excluding carboxylic acids is 1. The summed E-state index contributed by atoms with van der Waals surface area (Å²) in [5.41, 5.74) is 8.44. The van der Waals surface area contributed by atoms with E-state index in [1.807, 2.05) is 0 Å². The largest absolute Gasteiger partial charge is 0.444 e. The molecule has 0 atom stereocenters. The van der Waals surface area contributed by atoms with E-state index >= 15 is 0 Å². The highest BCUT2D eigenvalue weighted by Gasteiger charge is 2.15. The van der Waals surface area contributed by atoms with Crippen LogP contribution >= 0.6 is 12.4 Å². The molecule has 0 aliphatic rings. The molecule has 16 heavy (non-hydrogen) atoms. The van der Waals surface area contributed by atoms with Crippen LogP contribution in [0.3, 0.4) is 0 Å². The molecule has 8 heteroatoms. The Balaban J connectivity index is -0.000000292. The second kappa shape index (κ2) is 8.78. The molecule has 7 nitrogen and oxygen atoms in total. The first kappa shape index (κ1) is 20.0. The molecular formula is C8H20ClN5O2. The van der Waals surface area contributed by atoms with Gasteiger partial charge >= 0.3 is 6.09 Å². The van der Waals surface area contributed by atoms with Gasteiger partial charge in [-0.15, -0.1) is 12.4 Å². The molecule has 0 saturated heterocycles. The van der Waals surface area contributed by atoms with Crippen LogP contribution in [0.1, 0.15) is 27.7 Å². The van der Waals surface area contributed by atoms with Crippen molar-refractivity contribution in [1.29, 1.82) is 10.8 Å². The highest BCUT2D eigenvalue weighted by molar-refractivity contribution is 5.91. The third-order valence-corrected chi connectivity index (χ3v) is 0.688. The van der Waals surface area contributed by atoms with E-state index in [2.05, 4.69) is 16.8 Å². The topological polar surface area (TPSA) is 138 Å². The van der Waals surface area contributed by atoms with Gasteiger partial charge in [0.1, 0.15) is 5.60 Å². The number of carbonyl (C=O) groups is 1. The van der Waals surface area contributed by atoms with Gasteiger partial charge in [0.15, 0.2) is 5.96 Å². The zero-order valence-corrected chi connectivity index (χ0v) is 10.7. The number of halogens is 1. The smallest absolute Gasteiger partial charge is 0.413 e. The first-order chi connectivity index (χ1) is 6.54. The van der Waals surface area contributed by atoms with E-state index in [1.165, 1.54) is 6.92 Å². The third-order valence-electron chi connectivity index (χ3n) is 0.688. The van der Waals surface area contributed by atoms with E-state index in [0.717, 1.165) is 0 Å². The van der Waals surface area contributed by atoms with Crippen molar-refractivity contribution < 1.29 is 9.53 Å². The van der Waals surface area contributed by atoms with Crippen molar-refractivity contribution in [2.75, 3.05) is 0 Å². The van der Waals surface area contributed by atoms with Gasteiger partial charge < -0.3 is 16.2 Å². The van der Waals surface area contributed by atoms with Crippen LogP contribution in [0.2, 0.25) is 0 Å². The van der Waals surface area contributed by atoms with Gasteiger partial charge in [-0.05, 0) is 27.7 Å². The molecule has 96 valence electrons. The zero-order valence-electron chi connectivity index (χ0n) is 9.88. The molecule has 0 aromatic heterocycles. The number of hydrogen-bond donors (Lipinski definition) is 5. The Bertz CT molecular complexity index is 245. The Morgan fingerprint density at radius 2 is 1.56 bits per heavy atom. The van der Waals surface area contributed by atoms with E-state index in [-0.39, 0.29) is 24.2 Å². The number of nitrogens with one attached hydrogen (secondary N) is 3. The van der Waals surface area contributed by atoms with Crippen molar-refractivity contribution in [3.8, 4) is 0 Å². The molecule has 0 spiro atoms. The maximum Gasteiger partial charge on any atom is 0.413 e. The average Bonchev–Trinajstić information content (AvgIpc) is 1.76. The van der Waals surface area contributed by atoms with Gasteiger partial charge in [0.2, 0.25) is 0 Å². The lowest BCUT2D eigenvalue weighted by Gasteiger charge is -2.19. The molecule has 0 unspecified atom stereocenters. The molecule has 0 saturated carbocycles. The number of amidine groups is 1. The fraction of sp³-hybridized carbons (Fsp3) is 0.625. The minimum atomic E-state index is -0.579. The number of alkyl carbamates (subject to hydrolysis) is 1. The molecule has 0 heterocycles. The maximum atomic E-state index is 10.8. The number of amides is 1. The highest BCUT2D eigenvalue weighted by Crippen LogP contribution is 2.05. The number of hydrogen-bond acceptors (Lipinski definition) is 4. The van der Waals surface area contributed by atoms with E-state index in [0.29, 0.717) is 0 Å². The fourth-order valence-corrected chi connectivity index (χ4v) is 0.457. The molecule has 0 radical (unpaired) electrons. The Labute approximate surface area is 101 Å². The second-order valence-corrected chi connectivity index (χ2v) is 3.71. The normalized spacial score (nSPS) is 8.75. The van der Waals surface area contributed by atoms with Gasteiger partial charge in [-0.3, -0.25) is 16.1 Å². The first-order valence-electron chi connectivity index (χ1n) is 4.19. The standard InChI is InChI=1S/C7H14N2O2.CH5N3.ClH/c1-5(8)9-6(10)11-7(2,3)4;2-1(3)4;/h1-4H3,(H2,8,9,10);(H5,2,3,4);1H. The monoisotopic (exact) mass is 253 g/mol. The van der Waals surface area contributed by atoms with E-state index in [1.54, 1.807) is 20.8 Å². The Kier molecular flexibility index (Phi) is 11.0. The zero-order chi connectivity index (χ0) is 12.6. The summed E-state index contributed by atoms with van der Waals surface area (Å²) >= 11 is 0. The van der Waals surface area contributed by atoms with Crippen molar-refractivity contribution in [1.82, 2.24) is 5.32 Å². The average molecular weight is 254 g/mol. The van der Waals surface area contributed by atoms with E-state index < -0.39 is 11.7 Å². The van der Waals surface area contributed by atoms with Crippen molar-refractivity contribution >= 4 is 30.3 Å². The van der Waals surface area contributed by atoms with Gasteiger partial charge in [-0.2, -0.15) is 0 Å². The number of guanidine groups is 1. The number of nitrogens with two attached hydrogens (primary N) is 2. The van der Waals surface area contributed by atoms with Gasteiger partial charge in [-0.1, -0.05) is 0 Å². The van der Waals surface area contributed by atoms with E-state index in [4.69, 9.17) is 15.6 Å². The summed E-state index contributed by atoms with van der Waals surface area (Å²) in [4.78, 5) is 10.8. The highest BCUT2D eigenvalue weighted by atomic mass is 35.5. The fourth-order valence-electron chi connectivity index (χ4n) is 0.457. The van der Waals surface area contributed by atoms with Gasteiger partial charge in [-0.25, -0.2) is 4.79 Å². The third kappa shape index (κ3) is 29.4. The predicted molar refractivity (Wildman–Crippen MR) is 66.1 cm³/mol. The molecular weight excluding hydrogens is 234 g/mol. The van der Waals surface area contributed by atoms with Crippen LogP contribution in [0.25, 0.3) is 0 Å². The molecule has 1 amide bonds. The maximum absolute atomic E-state index is 10.8. The lowest BCUT2D eigenvalue weighted by atomic mass is 10.2. The van der Waals surface area contributed by atoms with Crippen molar-refractivity contribution in [3.05, 3.63) is 0 Å². The van der Waals surface area contributed by atoms with Crippen molar-refractivity contribution in [2.24, 2.45) is 11.5 Å². The summed E-state index contributed by atoms with van der Waals surface area (Å²) in [5, 5.41) is 15.2. The molecule has 0 aromatic rings. The number of ether oxygens (including phenoxy) is 1. The van der Waals surface area contributed by atoms with Crippen molar-refractivity contribution in [3.63, 3.8) is 0 Å². The minimum Gasteiger partial charge on any atom is -0.444 e. The summed E-state index contributed by atoms with van der Waals surface area (Å²) in [6, 6.07) is 0. The van der Waals surface area contributed by atoms with Crippen molar-refractivity contribution in [2.45, 2.75) is 33.3 Å². The Hall–Kier alpha value is -1.50. The molecule has 0 rings (SSSR count). The molecule has 0 aliphatic carbocycles. The minimum absolute atomic E-state index is 0. The Morgan fingerprint density at radius 3 is 1.75 bits per heavy atom. The van der Waals surface area contributed by atoms with Gasteiger partial charge in [0.05, 0.1) is 5.84 Å². The molecule has 0 aromatic carbocycles. The van der Waals surface area contributed by atoms with Crippen LogP contribution in [-0.4, -0.2) is 23.5 Å². The van der Waals surface area contributed by atoms with Crippen LogP contribution in [0.5, 0.6) is 0 Å². The van der Waals surface area contributed by atoms with Crippen LogP contribution < -0.4 is 16.8 Å². The van der Waals surface area contributed by atoms with Gasteiger partial charge in [0, 0.05) is 0 Å². The van der Waals surface area contributed by atoms with Crippen LogP contribution in [0, 0.1) is 10.8 Å². The predicted octanol–water partition coefficient (Wildman–Crippen LogP) is 0.769. The molecule has 7 N–H and O–H groups in total. The Morgan fingerprint density at radius 1 is 1.25 bits per heavy atom. The summed E-state index contributed by atoms with van der Waals surface area (Å²) in [6.45, 7) is 6.79. The first-order valence-corrected chi connectivity index (χ1v) is 4.19. The summed E-state index contributed by atoms with van der Waals surface area (Å²) in [7, 11) is 0. The molecule has 0 fully saturated rings. The number of rotatable bonds is 0. The summed E-state index contributed by atoms with van der Waals surface area (Å²) < 4.78 is 4.86. The summed E-state index contributed by atoms with van der Waals surface area (Å²) in [6.07, 6.45) is -0.579. The molecule has 0 aliphatic heterocycles. The molecule has 0 bridgehead atoms. The van der Waals surface area contributed by atoms with E-state index in [9.17, 15) is 4.79 Å². The second-order valence-electron chi connectivity index (χ2n) is 3.71. The summed E-state index contributed by atoms with van der Waals surface area (Å²) in [5.74, 6) is -0.251. The lowest BCUT2D eigenvalue weighted by Crippen LogP contribution is -2.34. The van der Waals surface area contributed by atoms with Crippen LogP contribution in [0.15, 0.2) is 0 Å². The lowest BCUT2D eigenvalue weighted by molar-refractivity contribution is 0.0562. The van der Waals surface area contributed by atoms with Gasteiger partial charge in [0.25, 0.3) is 0 Å². The quantitative estimate of drug-likeness (QED) is 0.321.